The van der Waals surface area contributed by atoms with Gasteiger partial charge in [-0.1, -0.05) is 43.7 Å². The minimum absolute atomic E-state index is 1.08. The van der Waals surface area contributed by atoms with Crippen molar-refractivity contribution < 1.29 is 0 Å². The quantitative estimate of drug-likeness (QED) is 0.728. The van der Waals surface area contributed by atoms with E-state index >= 15 is 0 Å². The van der Waals surface area contributed by atoms with Gasteiger partial charge in [-0.3, -0.25) is 0 Å². The van der Waals surface area contributed by atoms with E-state index in [1.807, 2.05) is 0 Å². The van der Waals surface area contributed by atoms with Gasteiger partial charge in [-0.25, -0.2) is 0 Å². The zero-order chi connectivity index (χ0) is 12.1. The summed E-state index contributed by atoms with van der Waals surface area (Å²) in [6.07, 6.45) is 2.52. The molecule has 0 aromatic heterocycles. The van der Waals surface area contributed by atoms with E-state index in [4.69, 9.17) is 0 Å². The molecule has 0 bridgehead atoms. The Hall–Kier alpha value is -1.50. The average Bonchev–Trinajstić information content (AvgIpc) is 2.39. The molecular formula is C16H21N. The Bertz CT molecular complexity index is 476. The Labute approximate surface area is 104 Å². The van der Waals surface area contributed by atoms with Gasteiger partial charge in [0.05, 0.1) is 0 Å². The fourth-order valence-electron chi connectivity index (χ4n) is 2.19. The van der Waals surface area contributed by atoms with Crippen molar-refractivity contribution in [3.05, 3.63) is 42.5 Å². The first-order valence-corrected chi connectivity index (χ1v) is 6.59. The third-order valence-corrected chi connectivity index (χ3v) is 3.26. The third-order valence-electron chi connectivity index (χ3n) is 3.26. The maximum Gasteiger partial charge on any atom is 0.0372 e. The van der Waals surface area contributed by atoms with Crippen LogP contribution in [0.5, 0.6) is 0 Å². The molecule has 0 saturated heterocycles. The summed E-state index contributed by atoms with van der Waals surface area (Å²) in [5.74, 6) is 0. The number of anilines is 1. The van der Waals surface area contributed by atoms with Gasteiger partial charge in [0.2, 0.25) is 0 Å². The topological polar surface area (TPSA) is 3.24 Å². The van der Waals surface area contributed by atoms with E-state index in [2.05, 4.69) is 61.2 Å². The number of hydrogen-bond acceptors (Lipinski definition) is 1. The summed E-state index contributed by atoms with van der Waals surface area (Å²) >= 11 is 0. The molecule has 0 atom stereocenters. The predicted molar refractivity (Wildman–Crippen MR) is 76.7 cm³/mol. The molecule has 0 N–H and O–H groups in total. The Balaban J connectivity index is 2.27. The molecule has 2 rings (SSSR count). The lowest BCUT2D eigenvalue weighted by molar-refractivity contribution is 0.732. The summed E-state index contributed by atoms with van der Waals surface area (Å²) in [5, 5.41) is 2.66. The first-order chi connectivity index (χ1) is 8.35. The number of benzene rings is 2. The van der Waals surface area contributed by atoms with Crippen LogP contribution in [-0.2, 0) is 0 Å². The van der Waals surface area contributed by atoms with Crippen LogP contribution < -0.4 is 4.90 Å². The van der Waals surface area contributed by atoms with Crippen LogP contribution in [0.15, 0.2) is 42.5 Å². The van der Waals surface area contributed by atoms with Crippen molar-refractivity contribution in [1.82, 2.24) is 0 Å². The van der Waals surface area contributed by atoms with Crippen molar-refractivity contribution in [2.75, 3.05) is 18.0 Å². The number of hydrogen-bond donors (Lipinski definition) is 0. The fourth-order valence-corrected chi connectivity index (χ4v) is 2.19. The van der Waals surface area contributed by atoms with Crippen molar-refractivity contribution in [2.45, 2.75) is 26.7 Å². The van der Waals surface area contributed by atoms with Gasteiger partial charge in [-0.15, -0.1) is 0 Å². The van der Waals surface area contributed by atoms with E-state index in [0.29, 0.717) is 0 Å². The smallest absolute Gasteiger partial charge is 0.0372 e. The molecule has 0 unspecified atom stereocenters. The SMILES string of the molecule is CCCCN(CC)c1ccc2ccccc2c1. The Morgan fingerprint density at radius 1 is 0.941 bits per heavy atom. The van der Waals surface area contributed by atoms with Crippen molar-refractivity contribution in [1.29, 1.82) is 0 Å². The molecule has 90 valence electrons. The van der Waals surface area contributed by atoms with Crippen LogP contribution in [0.2, 0.25) is 0 Å². The van der Waals surface area contributed by atoms with Crippen molar-refractivity contribution in [3.63, 3.8) is 0 Å². The average molecular weight is 227 g/mol. The highest BCUT2D eigenvalue weighted by molar-refractivity contribution is 5.85. The zero-order valence-electron chi connectivity index (χ0n) is 10.8. The van der Waals surface area contributed by atoms with Gasteiger partial charge in [-0.05, 0) is 36.2 Å². The first-order valence-electron chi connectivity index (χ1n) is 6.59. The van der Waals surface area contributed by atoms with Crippen LogP contribution in [0.3, 0.4) is 0 Å². The molecule has 0 aliphatic carbocycles. The van der Waals surface area contributed by atoms with Crippen LogP contribution in [0.25, 0.3) is 10.8 Å². The zero-order valence-corrected chi connectivity index (χ0v) is 10.8. The third kappa shape index (κ3) is 2.79. The number of fused-ring (bicyclic) bond motifs is 1. The van der Waals surface area contributed by atoms with Crippen molar-refractivity contribution in [2.24, 2.45) is 0 Å². The van der Waals surface area contributed by atoms with E-state index in [0.717, 1.165) is 13.1 Å². The van der Waals surface area contributed by atoms with Gasteiger partial charge in [0, 0.05) is 18.8 Å². The van der Waals surface area contributed by atoms with E-state index in [1.165, 1.54) is 29.3 Å². The second-order valence-corrected chi connectivity index (χ2v) is 4.46. The van der Waals surface area contributed by atoms with Crippen LogP contribution in [0, 0.1) is 0 Å². The van der Waals surface area contributed by atoms with Gasteiger partial charge in [0.25, 0.3) is 0 Å². The lowest BCUT2D eigenvalue weighted by Crippen LogP contribution is -2.23. The molecule has 1 heteroatoms. The number of rotatable bonds is 5. The second kappa shape index (κ2) is 5.72. The highest BCUT2D eigenvalue weighted by atomic mass is 15.1. The van der Waals surface area contributed by atoms with Crippen LogP contribution >= 0.6 is 0 Å². The van der Waals surface area contributed by atoms with E-state index in [-0.39, 0.29) is 0 Å². The molecule has 0 spiro atoms. The molecule has 17 heavy (non-hydrogen) atoms. The molecule has 0 aliphatic rings. The van der Waals surface area contributed by atoms with Crippen molar-refractivity contribution in [3.8, 4) is 0 Å². The highest BCUT2D eigenvalue weighted by Crippen LogP contribution is 2.22. The lowest BCUT2D eigenvalue weighted by Gasteiger charge is -2.23. The monoisotopic (exact) mass is 227 g/mol. The molecule has 0 heterocycles. The molecule has 0 aliphatic heterocycles. The standard InChI is InChI=1S/C16H21N/c1-3-5-12-17(4-2)16-11-10-14-8-6-7-9-15(14)13-16/h6-11,13H,3-5,12H2,1-2H3. The van der Waals surface area contributed by atoms with E-state index in [1.54, 1.807) is 0 Å². The van der Waals surface area contributed by atoms with E-state index < -0.39 is 0 Å². The highest BCUT2D eigenvalue weighted by Gasteiger charge is 2.03. The van der Waals surface area contributed by atoms with Crippen LogP contribution in [-0.4, -0.2) is 13.1 Å². The Morgan fingerprint density at radius 2 is 1.71 bits per heavy atom. The molecule has 0 amide bonds. The summed E-state index contributed by atoms with van der Waals surface area (Å²) in [6.45, 7) is 6.71. The van der Waals surface area contributed by atoms with E-state index in [9.17, 15) is 0 Å². The maximum atomic E-state index is 2.45. The molecule has 2 aromatic rings. The molecule has 0 radical (unpaired) electrons. The molecular weight excluding hydrogens is 206 g/mol. The van der Waals surface area contributed by atoms with Crippen LogP contribution in [0.1, 0.15) is 26.7 Å². The summed E-state index contributed by atoms with van der Waals surface area (Å²) in [5.41, 5.74) is 1.35. The van der Waals surface area contributed by atoms with Gasteiger partial charge in [0.15, 0.2) is 0 Å². The predicted octanol–water partition coefficient (Wildman–Crippen LogP) is 4.47. The molecule has 1 nitrogen and oxygen atoms in total. The number of unbranched alkanes of at least 4 members (excludes halogenated alkanes) is 1. The summed E-state index contributed by atoms with van der Waals surface area (Å²) in [6, 6.07) is 15.3. The number of nitrogens with zero attached hydrogens (tertiary/aromatic N) is 1. The Morgan fingerprint density at radius 3 is 2.41 bits per heavy atom. The normalized spacial score (nSPS) is 10.7. The van der Waals surface area contributed by atoms with Gasteiger partial charge >= 0.3 is 0 Å². The maximum absolute atomic E-state index is 2.45. The van der Waals surface area contributed by atoms with Gasteiger partial charge < -0.3 is 4.90 Å². The fraction of sp³-hybridized carbons (Fsp3) is 0.375. The van der Waals surface area contributed by atoms with Gasteiger partial charge in [-0.2, -0.15) is 0 Å². The lowest BCUT2D eigenvalue weighted by atomic mass is 10.1. The van der Waals surface area contributed by atoms with Gasteiger partial charge in [0.1, 0.15) is 0 Å². The Kier molecular flexibility index (Phi) is 4.03. The molecule has 0 saturated carbocycles. The minimum Gasteiger partial charge on any atom is -0.372 e. The minimum atomic E-state index is 1.08. The summed E-state index contributed by atoms with van der Waals surface area (Å²) < 4.78 is 0. The largest absolute Gasteiger partial charge is 0.372 e. The van der Waals surface area contributed by atoms with Crippen molar-refractivity contribution >= 4 is 16.5 Å². The second-order valence-electron chi connectivity index (χ2n) is 4.46. The molecule has 0 fully saturated rings. The first kappa shape index (κ1) is 12.0. The van der Waals surface area contributed by atoms with Crippen LogP contribution in [0.4, 0.5) is 5.69 Å². The molecule has 2 aromatic carbocycles. The summed E-state index contributed by atoms with van der Waals surface area (Å²) in [4.78, 5) is 2.45. The summed E-state index contributed by atoms with van der Waals surface area (Å²) in [7, 11) is 0.